The minimum absolute atomic E-state index is 0.100. The summed E-state index contributed by atoms with van der Waals surface area (Å²) in [5, 5.41) is 0. The average Bonchev–Trinajstić information content (AvgIpc) is 2.04. The first-order chi connectivity index (χ1) is 6.31. The molecule has 0 aromatic heterocycles. The summed E-state index contributed by atoms with van der Waals surface area (Å²) in [5.41, 5.74) is 5.29. The molecule has 1 aromatic rings. The molecule has 2 N–H and O–H groups in total. The van der Waals surface area contributed by atoms with Crippen LogP contribution < -0.4 is 10.5 Å². The minimum Gasteiger partial charge on any atom is -0.404 e. The van der Waals surface area contributed by atoms with Crippen molar-refractivity contribution < 1.29 is 17.9 Å². The lowest BCUT2D eigenvalue weighted by atomic mass is 10.3. The van der Waals surface area contributed by atoms with E-state index in [-0.39, 0.29) is 5.69 Å². The topological polar surface area (TPSA) is 35.2 Å². The molecule has 0 heterocycles. The van der Waals surface area contributed by atoms with Gasteiger partial charge in [-0.25, -0.2) is 0 Å². The summed E-state index contributed by atoms with van der Waals surface area (Å²) in [6, 6.07) is 2.54. The Hall–Kier alpha value is -0.430. The van der Waals surface area contributed by atoms with Crippen molar-refractivity contribution in [3.05, 3.63) is 21.1 Å². The van der Waals surface area contributed by atoms with Gasteiger partial charge < -0.3 is 10.5 Å². The molecule has 7 heteroatoms. The fraction of sp³-hybridized carbons (Fsp3) is 0.143. The molecule has 0 aliphatic rings. The molecule has 1 aromatic carbocycles. The second-order valence-corrected chi connectivity index (χ2v) is 3.97. The van der Waals surface area contributed by atoms with E-state index >= 15 is 0 Å². The number of anilines is 1. The summed E-state index contributed by atoms with van der Waals surface area (Å²) in [5.74, 6) is -0.424. The maximum Gasteiger partial charge on any atom is 0.573 e. The highest BCUT2D eigenvalue weighted by atomic mass is 79.9. The fourth-order valence-electron chi connectivity index (χ4n) is 0.762. The van der Waals surface area contributed by atoms with Gasteiger partial charge >= 0.3 is 6.36 Å². The molecular weight excluding hydrogens is 331 g/mol. The maximum absolute atomic E-state index is 11.8. The van der Waals surface area contributed by atoms with E-state index in [9.17, 15) is 13.2 Å². The molecule has 0 amide bonds. The third-order valence-electron chi connectivity index (χ3n) is 1.32. The van der Waals surface area contributed by atoms with Crippen molar-refractivity contribution in [1.29, 1.82) is 0 Å². The van der Waals surface area contributed by atoms with Crippen LogP contribution in [0.5, 0.6) is 5.75 Å². The quantitative estimate of drug-likeness (QED) is 0.795. The molecule has 1 rings (SSSR count). The van der Waals surface area contributed by atoms with Gasteiger partial charge in [-0.2, -0.15) is 0 Å². The molecular formula is C7H4Br2F3NO. The minimum atomic E-state index is -4.73. The molecule has 0 spiro atoms. The maximum atomic E-state index is 11.8. The summed E-state index contributed by atoms with van der Waals surface area (Å²) < 4.78 is 40.1. The summed E-state index contributed by atoms with van der Waals surface area (Å²) in [7, 11) is 0. The third-order valence-corrected chi connectivity index (χ3v) is 3.37. The molecule has 0 saturated carbocycles. The molecule has 0 atom stereocenters. The van der Waals surface area contributed by atoms with Crippen LogP contribution in [0.2, 0.25) is 0 Å². The standard InChI is InChI=1S/C7H4Br2F3NO/c8-3-1-2-4(6(13)5(3)9)14-7(10,11)12/h1-2H,13H2. The van der Waals surface area contributed by atoms with Gasteiger partial charge in [0.25, 0.3) is 0 Å². The van der Waals surface area contributed by atoms with Crippen molar-refractivity contribution in [1.82, 2.24) is 0 Å². The van der Waals surface area contributed by atoms with E-state index in [0.29, 0.717) is 8.95 Å². The number of alkyl halides is 3. The summed E-state index contributed by atoms with van der Waals surface area (Å²) >= 11 is 6.11. The van der Waals surface area contributed by atoms with Crippen molar-refractivity contribution in [2.75, 3.05) is 5.73 Å². The lowest BCUT2D eigenvalue weighted by Gasteiger charge is -2.12. The number of hydrogen-bond acceptors (Lipinski definition) is 2. The predicted molar refractivity (Wildman–Crippen MR) is 52.9 cm³/mol. The van der Waals surface area contributed by atoms with Crippen LogP contribution in [0.15, 0.2) is 21.1 Å². The largest absolute Gasteiger partial charge is 0.573 e. The van der Waals surface area contributed by atoms with Gasteiger partial charge in [0.1, 0.15) is 0 Å². The van der Waals surface area contributed by atoms with Crippen LogP contribution in [0.25, 0.3) is 0 Å². The van der Waals surface area contributed by atoms with E-state index < -0.39 is 12.1 Å². The van der Waals surface area contributed by atoms with Crippen LogP contribution in [0.4, 0.5) is 18.9 Å². The highest BCUT2D eigenvalue weighted by Gasteiger charge is 2.32. The van der Waals surface area contributed by atoms with Crippen LogP contribution in [0.3, 0.4) is 0 Å². The molecule has 0 aliphatic carbocycles. The molecule has 78 valence electrons. The normalized spacial score (nSPS) is 11.5. The second-order valence-electron chi connectivity index (χ2n) is 2.32. The Bertz CT molecular complexity index is 354. The number of ether oxygens (including phenoxy) is 1. The Labute approximate surface area is 94.5 Å². The Morgan fingerprint density at radius 1 is 1.21 bits per heavy atom. The van der Waals surface area contributed by atoms with Gasteiger partial charge in [-0.05, 0) is 44.0 Å². The molecule has 0 unspecified atom stereocenters. The lowest BCUT2D eigenvalue weighted by molar-refractivity contribution is -0.274. The van der Waals surface area contributed by atoms with E-state index in [4.69, 9.17) is 5.73 Å². The predicted octanol–water partition coefficient (Wildman–Crippen LogP) is 3.69. The Balaban J connectivity index is 3.06. The molecule has 0 fully saturated rings. The highest BCUT2D eigenvalue weighted by molar-refractivity contribution is 9.13. The number of rotatable bonds is 1. The van der Waals surface area contributed by atoms with Gasteiger partial charge in [0, 0.05) is 4.47 Å². The zero-order valence-corrected chi connectivity index (χ0v) is 9.70. The van der Waals surface area contributed by atoms with Crippen LogP contribution in [0.1, 0.15) is 0 Å². The number of nitrogens with two attached hydrogens (primary N) is 1. The number of nitrogen functional groups attached to an aromatic ring is 1. The summed E-state index contributed by atoms with van der Waals surface area (Å²) in [6.45, 7) is 0. The second kappa shape index (κ2) is 3.98. The van der Waals surface area contributed by atoms with Gasteiger partial charge in [0.2, 0.25) is 0 Å². The van der Waals surface area contributed by atoms with Crippen LogP contribution in [-0.2, 0) is 0 Å². The number of halogens is 5. The Morgan fingerprint density at radius 2 is 1.79 bits per heavy atom. The first-order valence-corrected chi connectivity index (χ1v) is 4.89. The SMILES string of the molecule is Nc1c(OC(F)(F)F)ccc(Br)c1Br. The monoisotopic (exact) mass is 333 g/mol. The van der Waals surface area contributed by atoms with E-state index in [2.05, 4.69) is 36.6 Å². The molecule has 2 nitrogen and oxygen atoms in total. The zero-order chi connectivity index (χ0) is 10.9. The van der Waals surface area contributed by atoms with Crippen molar-refractivity contribution in [3.63, 3.8) is 0 Å². The molecule has 0 aliphatic heterocycles. The van der Waals surface area contributed by atoms with Crippen LogP contribution >= 0.6 is 31.9 Å². The molecule has 0 radical (unpaired) electrons. The van der Waals surface area contributed by atoms with Crippen LogP contribution in [-0.4, -0.2) is 6.36 Å². The smallest absolute Gasteiger partial charge is 0.404 e. The van der Waals surface area contributed by atoms with Gasteiger partial charge in [0.15, 0.2) is 5.75 Å². The molecule has 0 saturated heterocycles. The van der Waals surface area contributed by atoms with Gasteiger partial charge in [-0.1, -0.05) is 0 Å². The van der Waals surface area contributed by atoms with Gasteiger partial charge in [0.05, 0.1) is 10.2 Å². The van der Waals surface area contributed by atoms with Gasteiger partial charge in [-0.15, -0.1) is 13.2 Å². The van der Waals surface area contributed by atoms with Crippen molar-refractivity contribution in [2.45, 2.75) is 6.36 Å². The van der Waals surface area contributed by atoms with Crippen molar-refractivity contribution >= 4 is 37.5 Å². The first kappa shape index (κ1) is 11.6. The fourth-order valence-corrected chi connectivity index (χ4v) is 1.44. The van der Waals surface area contributed by atoms with E-state index in [0.717, 1.165) is 6.07 Å². The van der Waals surface area contributed by atoms with E-state index in [1.807, 2.05) is 0 Å². The van der Waals surface area contributed by atoms with E-state index in [1.54, 1.807) is 0 Å². The van der Waals surface area contributed by atoms with Crippen molar-refractivity contribution in [3.8, 4) is 5.75 Å². The average molecular weight is 335 g/mol. The zero-order valence-electron chi connectivity index (χ0n) is 6.53. The first-order valence-electron chi connectivity index (χ1n) is 3.30. The molecule has 14 heavy (non-hydrogen) atoms. The third kappa shape index (κ3) is 2.78. The number of hydrogen-bond donors (Lipinski definition) is 1. The number of benzene rings is 1. The summed E-state index contributed by atoms with van der Waals surface area (Å²) in [6.07, 6.45) is -4.73. The van der Waals surface area contributed by atoms with Crippen LogP contribution in [0, 0.1) is 0 Å². The highest BCUT2D eigenvalue weighted by Crippen LogP contribution is 2.37. The lowest BCUT2D eigenvalue weighted by Crippen LogP contribution is -2.18. The van der Waals surface area contributed by atoms with Gasteiger partial charge in [-0.3, -0.25) is 0 Å². The Kier molecular flexibility index (Phi) is 3.31. The van der Waals surface area contributed by atoms with Crippen molar-refractivity contribution in [2.24, 2.45) is 0 Å². The van der Waals surface area contributed by atoms with E-state index in [1.165, 1.54) is 6.07 Å². The Morgan fingerprint density at radius 3 is 2.29 bits per heavy atom. The summed E-state index contributed by atoms with van der Waals surface area (Å²) in [4.78, 5) is 0. The molecule has 0 bridgehead atoms.